The summed E-state index contributed by atoms with van der Waals surface area (Å²) in [7, 11) is -1.20. The summed E-state index contributed by atoms with van der Waals surface area (Å²) in [4.78, 5) is 24.4. The molecule has 0 heterocycles. The minimum atomic E-state index is -4.03. The number of hydrogen-bond acceptors (Lipinski definition) is 7. The molecule has 2 rings (SSSR count). The second kappa shape index (κ2) is 8.72. The number of ether oxygens (including phenoxy) is 3. The first kappa shape index (κ1) is 21.2. The number of anilines is 1. The normalized spacial score (nSPS) is 12.0. The van der Waals surface area contributed by atoms with E-state index in [4.69, 9.17) is 19.3 Å². The molecule has 0 aliphatic heterocycles. The third kappa shape index (κ3) is 5.21. The van der Waals surface area contributed by atoms with Crippen LogP contribution >= 0.6 is 0 Å². The van der Waals surface area contributed by atoms with Crippen molar-refractivity contribution in [3.8, 4) is 11.5 Å². The van der Waals surface area contributed by atoms with Crippen molar-refractivity contribution < 1.29 is 32.2 Å². The zero-order valence-electron chi connectivity index (χ0n) is 15.5. The number of nitrogens with one attached hydrogen (secondary N) is 1. The molecule has 1 atom stereocenters. The van der Waals surface area contributed by atoms with E-state index in [9.17, 15) is 18.0 Å². The van der Waals surface area contributed by atoms with Gasteiger partial charge in [-0.3, -0.25) is 4.79 Å². The lowest BCUT2D eigenvalue weighted by Crippen LogP contribution is -2.30. The Labute approximate surface area is 162 Å². The van der Waals surface area contributed by atoms with Gasteiger partial charge < -0.3 is 19.5 Å². The van der Waals surface area contributed by atoms with E-state index in [2.05, 4.69) is 5.32 Å². The molecule has 28 heavy (non-hydrogen) atoms. The van der Waals surface area contributed by atoms with Gasteiger partial charge in [-0.25, -0.2) is 18.4 Å². The van der Waals surface area contributed by atoms with Crippen LogP contribution in [0.1, 0.15) is 17.3 Å². The molecule has 0 bridgehead atoms. The van der Waals surface area contributed by atoms with Crippen LogP contribution in [-0.4, -0.2) is 40.6 Å². The molecular formula is C18H20N2O7S. The van der Waals surface area contributed by atoms with Crippen LogP contribution in [0, 0.1) is 0 Å². The standard InChI is InChI=1S/C18H20N2O7S/c1-11(17(21)20-12-4-6-13(25-2)7-5-12)27-18(22)15-10-14(28(19,23)24)8-9-16(15)26-3/h4-11H,1-3H3,(H,20,21)(H2,19,23,24)/t11-/m0/s1. The average molecular weight is 408 g/mol. The van der Waals surface area contributed by atoms with Gasteiger partial charge in [0.25, 0.3) is 5.91 Å². The molecule has 0 aliphatic rings. The predicted molar refractivity (Wildman–Crippen MR) is 101 cm³/mol. The fraction of sp³-hybridized carbons (Fsp3) is 0.222. The number of hydrogen-bond donors (Lipinski definition) is 2. The molecule has 3 N–H and O–H groups in total. The Kier molecular flexibility index (Phi) is 6.60. The van der Waals surface area contributed by atoms with Crippen LogP contribution in [0.25, 0.3) is 0 Å². The number of sulfonamides is 1. The van der Waals surface area contributed by atoms with Crippen LogP contribution in [0.15, 0.2) is 47.4 Å². The van der Waals surface area contributed by atoms with E-state index < -0.39 is 28.0 Å². The molecule has 0 saturated heterocycles. The van der Waals surface area contributed by atoms with Crippen LogP contribution in [-0.2, 0) is 19.6 Å². The summed E-state index contributed by atoms with van der Waals surface area (Å²) in [6.45, 7) is 1.38. The molecule has 0 fully saturated rings. The molecule has 150 valence electrons. The molecule has 10 heteroatoms. The summed E-state index contributed by atoms with van der Waals surface area (Å²) in [5.41, 5.74) is 0.320. The number of esters is 1. The van der Waals surface area contributed by atoms with E-state index >= 15 is 0 Å². The van der Waals surface area contributed by atoms with Crippen molar-refractivity contribution in [2.45, 2.75) is 17.9 Å². The Bertz CT molecular complexity index is 972. The van der Waals surface area contributed by atoms with Gasteiger partial charge >= 0.3 is 5.97 Å². The zero-order chi connectivity index (χ0) is 20.9. The molecule has 0 aliphatic carbocycles. The topological polar surface area (TPSA) is 134 Å². The second-order valence-electron chi connectivity index (χ2n) is 5.67. The Morgan fingerprint density at radius 3 is 2.21 bits per heavy atom. The van der Waals surface area contributed by atoms with Crippen molar-refractivity contribution in [1.29, 1.82) is 0 Å². The molecule has 0 spiro atoms. The van der Waals surface area contributed by atoms with Gasteiger partial charge in [0, 0.05) is 5.69 Å². The fourth-order valence-electron chi connectivity index (χ4n) is 2.22. The highest BCUT2D eigenvalue weighted by molar-refractivity contribution is 7.89. The Morgan fingerprint density at radius 1 is 1.04 bits per heavy atom. The van der Waals surface area contributed by atoms with E-state index in [1.165, 1.54) is 33.3 Å². The third-order valence-electron chi connectivity index (χ3n) is 3.73. The summed E-state index contributed by atoms with van der Waals surface area (Å²) in [6.07, 6.45) is -1.16. The smallest absolute Gasteiger partial charge is 0.342 e. The minimum Gasteiger partial charge on any atom is -0.497 e. The number of carbonyl (C=O) groups excluding carboxylic acids is 2. The van der Waals surface area contributed by atoms with Gasteiger partial charge in [-0.1, -0.05) is 0 Å². The molecule has 0 radical (unpaired) electrons. The molecular weight excluding hydrogens is 388 g/mol. The minimum absolute atomic E-state index is 0.0835. The van der Waals surface area contributed by atoms with Gasteiger partial charge in [0.1, 0.15) is 17.1 Å². The van der Waals surface area contributed by atoms with Crippen molar-refractivity contribution in [2.24, 2.45) is 5.14 Å². The number of methoxy groups -OCH3 is 2. The molecule has 0 saturated carbocycles. The maximum absolute atomic E-state index is 12.4. The van der Waals surface area contributed by atoms with E-state index in [-0.39, 0.29) is 16.2 Å². The molecule has 1 amide bonds. The summed E-state index contributed by atoms with van der Waals surface area (Å²) >= 11 is 0. The van der Waals surface area contributed by atoms with Crippen LogP contribution in [0.4, 0.5) is 5.69 Å². The second-order valence-corrected chi connectivity index (χ2v) is 7.23. The van der Waals surface area contributed by atoms with Crippen molar-refractivity contribution >= 4 is 27.6 Å². The zero-order valence-corrected chi connectivity index (χ0v) is 16.3. The van der Waals surface area contributed by atoms with E-state index in [0.717, 1.165) is 6.07 Å². The van der Waals surface area contributed by atoms with Crippen LogP contribution in [0.3, 0.4) is 0 Å². The van der Waals surface area contributed by atoms with Crippen LogP contribution in [0.2, 0.25) is 0 Å². The summed E-state index contributed by atoms with van der Waals surface area (Å²) in [5, 5.41) is 7.67. The van der Waals surface area contributed by atoms with Gasteiger partial charge in [0.05, 0.1) is 19.1 Å². The quantitative estimate of drug-likeness (QED) is 0.664. The van der Waals surface area contributed by atoms with Crippen molar-refractivity contribution in [2.75, 3.05) is 19.5 Å². The summed E-state index contributed by atoms with van der Waals surface area (Å²) < 4.78 is 38.2. The van der Waals surface area contributed by atoms with Gasteiger partial charge in [-0.2, -0.15) is 0 Å². The highest BCUT2D eigenvalue weighted by Gasteiger charge is 2.23. The van der Waals surface area contributed by atoms with Gasteiger partial charge in [0.2, 0.25) is 10.0 Å². The lowest BCUT2D eigenvalue weighted by molar-refractivity contribution is -0.123. The Balaban J connectivity index is 2.13. The van der Waals surface area contributed by atoms with Crippen molar-refractivity contribution in [3.63, 3.8) is 0 Å². The number of rotatable bonds is 7. The molecule has 2 aromatic rings. The number of benzene rings is 2. The Morgan fingerprint density at radius 2 is 1.68 bits per heavy atom. The number of amides is 1. The maximum Gasteiger partial charge on any atom is 0.342 e. The average Bonchev–Trinajstić information content (AvgIpc) is 2.67. The molecule has 9 nitrogen and oxygen atoms in total. The number of carbonyl (C=O) groups is 2. The van der Waals surface area contributed by atoms with Gasteiger partial charge in [0.15, 0.2) is 6.10 Å². The van der Waals surface area contributed by atoms with E-state index in [0.29, 0.717) is 11.4 Å². The predicted octanol–water partition coefficient (Wildman–Crippen LogP) is 1.54. The maximum atomic E-state index is 12.4. The van der Waals surface area contributed by atoms with E-state index in [1.54, 1.807) is 24.3 Å². The first-order chi connectivity index (χ1) is 13.2. The third-order valence-corrected chi connectivity index (χ3v) is 4.64. The van der Waals surface area contributed by atoms with Crippen LogP contribution in [0.5, 0.6) is 11.5 Å². The summed E-state index contributed by atoms with van der Waals surface area (Å²) in [5.74, 6) is -0.792. The lowest BCUT2D eigenvalue weighted by Gasteiger charge is -2.15. The van der Waals surface area contributed by atoms with Crippen molar-refractivity contribution in [1.82, 2.24) is 0 Å². The van der Waals surface area contributed by atoms with Crippen molar-refractivity contribution in [3.05, 3.63) is 48.0 Å². The van der Waals surface area contributed by atoms with Gasteiger partial charge in [-0.05, 0) is 49.4 Å². The fourth-order valence-corrected chi connectivity index (χ4v) is 2.76. The molecule has 0 unspecified atom stereocenters. The molecule has 0 aromatic heterocycles. The summed E-state index contributed by atoms with van der Waals surface area (Å²) in [6, 6.07) is 10.1. The highest BCUT2D eigenvalue weighted by atomic mass is 32.2. The molecule has 2 aromatic carbocycles. The number of nitrogens with two attached hydrogens (primary N) is 1. The lowest BCUT2D eigenvalue weighted by atomic mass is 10.2. The highest BCUT2D eigenvalue weighted by Crippen LogP contribution is 2.23. The SMILES string of the molecule is COc1ccc(NC(=O)[C@H](C)OC(=O)c2cc(S(N)(=O)=O)ccc2OC)cc1. The van der Waals surface area contributed by atoms with E-state index in [1.807, 2.05) is 0 Å². The first-order valence-electron chi connectivity index (χ1n) is 8.02. The first-order valence-corrected chi connectivity index (χ1v) is 9.57. The largest absolute Gasteiger partial charge is 0.497 e. The van der Waals surface area contributed by atoms with Crippen LogP contribution < -0.4 is 19.9 Å². The monoisotopic (exact) mass is 408 g/mol. The number of primary sulfonamides is 1. The Hall–Kier alpha value is -3.11. The van der Waals surface area contributed by atoms with Gasteiger partial charge in [-0.15, -0.1) is 0 Å².